The minimum Gasteiger partial charge on any atom is -0.497 e. The number of nitrogens with one attached hydrogen (secondary N) is 1. The lowest BCUT2D eigenvalue weighted by molar-refractivity contribution is -0.120. The van der Waals surface area contributed by atoms with Crippen molar-refractivity contribution in [3.8, 4) is 5.75 Å². The van der Waals surface area contributed by atoms with Crippen LogP contribution in [0.1, 0.15) is 60.9 Å². The number of carbonyl (C=O) groups is 1. The second-order valence-corrected chi connectivity index (χ2v) is 11.5. The van der Waals surface area contributed by atoms with Gasteiger partial charge in [0.25, 0.3) is 10.0 Å². The SMILES string of the molecule is COc1ccc2c(c1)CCCC2NC(=O)CN(c1ccc(C(C)C)cc1)S(=O)(=O)c1ccc(C)cc1. The van der Waals surface area contributed by atoms with Crippen LogP contribution in [0.2, 0.25) is 0 Å². The minimum absolute atomic E-state index is 0.156. The summed E-state index contributed by atoms with van der Waals surface area (Å²) >= 11 is 0. The van der Waals surface area contributed by atoms with E-state index < -0.39 is 10.0 Å². The van der Waals surface area contributed by atoms with E-state index >= 15 is 0 Å². The summed E-state index contributed by atoms with van der Waals surface area (Å²) in [6.45, 7) is 5.77. The van der Waals surface area contributed by atoms with Crippen LogP contribution < -0.4 is 14.4 Å². The van der Waals surface area contributed by atoms with Gasteiger partial charge in [0.05, 0.1) is 23.7 Å². The summed E-state index contributed by atoms with van der Waals surface area (Å²) in [5, 5.41) is 3.09. The molecule has 0 aromatic heterocycles. The Kier molecular flexibility index (Phi) is 7.69. The van der Waals surface area contributed by atoms with Crippen molar-refractivity contribution in [2.75, 3.05) is 18.0 Å². The number of amides is 1. The number of sulfonamides is 1. The first-order chi connectivity index (χ1) is 17.2. The van der Waals surface area contributed by atoms with E-state index in [-0.39, 0.29) is 23.4 Å². The topological polar surface area (TPSA) is 75.7 Å². The van der Waals surface area contributed by atoms with Gasteiger partial charge in [-0.3, -0.25) is 9.10 Å². The van der Waals surface area contributed by atoms with Crippen LogP contribution in [0.3, 0.4) is 0 Å². The van der Waals surface area contributed by atoms with Gasteiger partial charge in [-0.2, -0.15) is 0 Å². The first-order valence-electron chi connectivity index (χ1n) is 12.3. The molecule has 0 aliphatic heterocycles. The number of benzene rings is 3. The van der Waals surface area contributed by atoms with Gasteiger partial charge in [0.2, 0.25) is 5.91 Å². The molecule has 4 rings (SSSR count). The number of rotatable bonds is 8. The Labute approximate surface area is 214 Å². The number of anilines is 1. The fourth-order valence-corrected chi connectivity index (χ4v) is 6.04. The van der Waals surface area contributed by atoms with E-state index in [9.17, 15) is 13.2 Å². The van der Waals surface area contributed by atoms with Crippen molar-refractivity contribution in [2.24, 2.45) is 0 Å². The molecule has 0 spiro atoms. The molecule has 0 saturated heterocycles. The number of methoxy groups -OCH3 is 1. The molecule has 6 nitrogen and oxygen atoms in total. The number of fused-ring (bicyclic) bond motifs is 1. The van der Waals surface area contributed by atoms with Crippen LogP contribution in [0, 0.1) is 6.92 Å². The predicted octanol–water partition coefficient (Wildman–Crippen LogP) is 5.52. The van der Waals surface area contributed by atoms with Crippen LogP contribution in [0.15, 0.2) is 71.6 Å². The highest BCUT2D eigenvalue weighted by atomic mass is 32.2. The number of aryl methyl sites for hydroxylation is 2. The van der Waals surface area contributed by atoms with E-state index in [2.05, 4.69) is 19.2 Å². The van der Waals surface area contributed by atoms with E-state index in [1.165, 1.54) is 4.31 Å². The largest absolute Gasteiger partial charge is 0.497 e. The fourth-order valence-electron chi connectivity index (χ4n) is 4.62. The Bertz CT molecular complexity index is 1320. The molecule has 3 aromatic carbocycles. The molecule has 0 fully saturated rings. The molecule has 0 radical (unpaired) electrons. The Morgan fingerprint density at radius 1 is 1.06 bits per heavy atom. The van der Waals surface area contributed by atoms with E-state index in [1.54, 1.807) is 43.5 Å². The van der Waals surface area contributed by atoms with Gasteiger partial charge in [-0.15, -0.1) is 0 Å². The summed E-state index contributed by atoms with van der Waals surface area (Å²) in [5.74, 6) is 0.766. The quantitative estimate of drug-likeness (QED) is 0.437. The summed E-state index contributed by atoms with van der Waals surface area (Å²) in [6.07, 6.45) is 2.67. The third kappa shape index (κ3) is 5.57. The number of carbonyl (C=O) groups excluding carboxylic acids is 1. The van der Waals surface area contributed by atoms with Gasteiger partial charge >= 0.3 is 0 Å². The summed E-state index contributed by atoms with van der Waals surface area (Å²) < 4.78 is 33.9. The zero-order valence-electron chi connectivity index (χ0n) is 21.3. The zero-order valence-corrected chi connectivity index (χ0v) is 22.1. The standard InChI is InChI=1S/C29H34N2O4S/c1-20(2)22-10-12-24(13-11-22)31(36(33,34)26-15-8-21(3)9-16-26)19-29(32)30-28-7-5-6-23-18-25(35-4)14-17-27(23)28/h8-18,20,28H,5-7,19H2,1-4H3,(H,30,32). The predicted molar refractivity (Wildman–Crippen MR) is 143 cm³/mol. The lowest BCUT2D eigenvalue weighted by atomic mass is 9.87. The number of hydrogen-bond acceptors (Lipinski definition) is 4. The van der Waals surface area contributed by atoms with Crippen molar-refractivity contribution in [3.63, 3.8) is 0 Å². The Morgan fingerprint density at radius 3 is 2.39 bits per heavy atom. The average Bonchev–Trinajstić information content (AvgIpc) is 2.87. The van der Waals surface area contributed by atoms with E-state index in [1.807, 2.05) is 37.3 Å². The molecule has 1 aliphatic rings. The van der Waals surface area contributed by atoms with Gasteiger partial charge in [-0.05, 0) is 85.2 Å². The molecule has 36 heavy (non-hydrogen) atoms. The normalized spacial score (nSPS) is 15.3. The highest BCUT2D eigenvalue weighted by Crippen LogP contribution is 2.32. The van der Waals surface area contributed by atoms with E-state index in [0.717, 1.165) is 47.3 Å². The lowest BCUT2D eigenvalue weighted by Gasteiger charge is -2.29. The molecule has 1 unspecified atom stereocenters. The molecule has 1 amide bonds. The van der Waals surface area contributed by atoms with E-state index in [4.69, 9.17) is 4.74 Å². The fraction of sp³-hybridized carbons (Fsp3) is 0.345. The molecule has 3 aromatic rings. The maximum absolute atomic E-state index is 13.7. The molecular formula is C29H34N2O4S. The molecule has 190 valence electrons. The van der Waals surface area contributed by atoms with Crippen molar-refractivity contribution < 1.29 is 17.9 Å². The monoisotopic (exact) mass is 506 g/mol. The van der Waals surface area contributed by atoms with Crippen LogP contribution in [0.5, 0.6) is 5.75 Å². The van der Waals surface area contributed by atoms with Gasteiger partial charge in [-0.25, -0.2) is 8.42 Å². The minimum atomic E-state index is -3.95. The Hall–Kier alpha value is -3.32. The van der Waals surface area contributed by atoms with Gasteiger partial charge in [0.1, 0.15) is 12.3 Å². The highest BCUT2D eigenvalue weighted by Gasteiger charge is 2.29. The summed E-state index contributed by atoms with van der Waals surface area (Å²) in [6, 6.07) is 19.8. The van der Waals surface area contributed by atoms with Crippen molar-refractivity contribution in [2.45, 2.75) is 56.9 Å². The number of nitrogens with zero attached hydrogens (tertiary/aromatic N) is 1. The van der Waals surface area contributed by atoms with Gasteiger partial charge in [0.15, 0.2) is 0 Å². The van der Waals surface area contributed by atoms with Gasteiger partial charge in [-0.1, -0.05) is 49.7 Å². The maximum atomic E-state index is 13.7. The smallest absolute Gasteiger partial charge is 0.264 e. The Morgan fingerprint density at radius 2 is 1.75 bits per heavy atom. The van der Waals surface area contributed by atoms with Crippen LogP contribution in [-0.4, -0.2) is 28.0 Å². The number of ether oxygens (including phenoxy) is 1. The van der Waals surface area contributed by atoms with Crippen molar-refractivity contribution >= 4 is 21.6 Å². The van der Waals surface area contributed by atoms with Crippen molar-refractivity contribution in [3.05, 3.63) is 89.0 Å². The molecule has 7 heteroatoms. The van der Waals surface area contributed by atoms with Crippen molar-refractivity contribution in [1.29, 1.82) is 0 Å². The number of hydrogen-bond donors (Lipinski definition) is 1. The molecule has 1 N–H and O–H groups in total. The molecule has 0 saturated carbocycles. The first-order valence-corrected chi connectivity index (χ1v) is 13.8. The summed E-state index contributed by atoms with van der Waals surface area (Å²) in [4.78, 5) is 13.4. The first kappa shape index (κ1) is 25.8. The molecule has 1 atom stereocenters. The Balaban J connectivity index is 1.62. The van der Waals surface area contributed by atoms with Gasteiger partial charge < -0.3 is 10.1 Å². The highest BCUT2D eigenvalue weighted by molar-refractivity contribution is 7.92. The molecule has 1 aliphatic carbocycles. The third-order valence-corrected chi connectivity index (χ3v) is 8.53. The van der Waals surface area contributed by atoms with E-state index in [0.29, 0.717) is 11.6 Å². The second-order valence-electron chi connectivity index (χ2n) is 9.65. The summed E-state index contributed by atoms with van der Waals surface area (Å²) in [7, 11) is -2.31. The molecular weight excluding hydrogens is 472 g/mol. The van der Waals surface area contributed by atoms with Crippen LogP contribution in [0.25, 0.3) is 0 Å². The van der Waals surface area contributed by atoms with Crippen LogP contribution >= 0.6 is 0 Å². The zero-order chi connectivity index (χ0) is 25.9. The third-order valence-electron chi connectivity index (χ3n) is 6.74. The van der Waals surface area contributed by atoms with Crippen LogP contribution in [-0.2, 0) is 21.2 Å². The van der Waals surface area contributed by atoms with Crippen molar-refractivity contribution in [1.82, 2.24) is 5.32 Å². The second kappa shape index (κ2) is 10.7. The molecule has 0 heterocycles. The lowest BCUT2D eigenvalue weighted by Crippen LogP contribution is -2.42. The average molecular weight is 507 g/mol. The molecule has 0 bridgehead atoms. The summed E-state index contributed by atoms with van der Waals surface area (Å²) in [5.41, 5.74) is 4.74. The van der Waals surface area contributed by atoms with Gasteiger partial charge in [0, 0.05) is 0 Å². The maximum Gasteiger partial charge on any atom is 0.264 e. The van der Waals surface area contributed by atoms with Crippen LogP contribution in [0.4, 0.5) is 5.69 Å².